The quantitative estimate of drug-likeness (QED) is 0.660. The van der Waals surface area contributed by atoms with Crippen molar-refractivity contribution in [3.8, 4) is 5.75 Å². The fraction of sp³-hybridized carbons (Fsp3) is 0.0769. The number of carbonyl (C=O) groups is 1. The van der Waals surface area contributed by atoms with Crippen molar-refractivity contribution in [1.29, 1.82) is 0 Å². The van der Waals surface area contributed by atoms with Gasteiger partial charge in [0, 0.05) is 14.7 Å². The van der Waals surface area contributed by atoms with Gasteiger partial charge in [-0.1, -0.05) is 12.1 Å². The second-order valence-corrected chi connectivity index (χ2v) is 5.54. The molecule has 0 bridgehead atoms. The summed E-state index contributed by atoms with van der Waals surface area (Å²) in [5.41, 5.74) is 2.30. The molecule has 7 heteroatoms. The van der Waals surface area contributed by atoms with E-state index in [4.69, 9.17) is 4.74 Å². The first kappa shape index (κ1) is 14.7. The number of hydrogen-bond donors (Lipinski definition) is 1. The first-order valence-electron chi connectivity index (χ1n) is 5.58. The molecule has 0 aliphatic carbocycles. The van der Waals surface area contributed by atoms with Gasteiger partial charge >= 0.3 is 0 Å². The molecule has 104 valence electrons. The predicted octanol–water partition coefficient (Wildman–Crippen LogP) is 3.18. The van der Waals surface area contributed by atoms with Crippen molar-refractivity contribution >= 4 is 39.4 Å². The lowest BCUT2D eigenvalue weighted by Crippen LogP contribution is -2.24. The molecule has 1 N–H and O–H groups in total. The van der Waals surface area contributed by atoms with Crippen LogP contribution in [-0.4, -0.2) is 18.7 Å². The lowest BCUT2D eigenvalue weighted by atomic mass is 10.3. The summed E-state index contributed by atoms with van der Waals surface area (Å²) in [6, 6.07) is 7.76. The second-order valence-electron chi connectivity index (χ2n) is 3.68. The molecule has 2 aromatic rings. The lowest BCUT2D eigenvalue weighted by molar-refractivity contribution is -0.123. The Bertz CT molecular complexity index is 630. The average molecular weight is 357 g/mol. The Morgan fingerprint density at radius 1 is 1.50 bits per heavy atom. The van der Waals surface area contributed by atoms with Crippen molar-refractivity contribution < 1.29 is 13.9 Å². The molecule has 2 rings (SSSR count). The number of thiophene rings is 1. The van der Waals surface area contributed by atoms with Crippen LogP contribution in [0.4, 0.5) is 4.39 Å². The molecule has 0 aliphatic heterocycles. The SMILES string of the molecule is O=C(COc1ccccc1F)N/N=C/c1cc(Br)cs1. The highest BCUT2D eigenvalue weighted by atomic mass is 79.9. The number of halogens is 2. The number of hydrogen-bond acceptors (Lipinski definition) is 4. The van der Waals surface area contributed by atoms with Crippen LogP contribution in [0.15, 0.2) is 45.3 Å². The van der Waals surface area contributed by atoms with E-state index in [1.54, 1.807) is 12.1 Å². The van der Waals surface area contributed by atoms with Crippen molar-refractivity contribution in [2.24, 2.45) is 5.10 Å². The zero-order valence-electron chi connectivity index (χ0n) is 10.2. The normalized spacial score (nSPS) is 10.7. The maximum Gasteiger partial charge on any atom is 0.277 e. The molecule has 0 saturated carbocycles. The third-order valence-electron chi connectivity index (χ3n) is 2.16. The standard InChI is InChI=1S/C13H10BrFN2O2S/c14-9-5-10(20-8-9)6-16-17-13(18)7-19-12-4-2-1-3-11(12)15/h1-6,8H,7H2,(H,17,18)/b16-6+. The van der Waals surface area contributed by atoms with Crippen LogP contribution < -0.4 is 10.2 Å². The van der Waals surface area contributed by atoms with Crippen LogP contribution in [0.3, 0.4) is 0 Å². The van der Waals surface area contributed by atoms with Gasteiger partial charge in [-0.3, -0.25) is 4.79 Å². The number of amides is 1. The zero-order chi connectivity index (χ0) is 14.4. The summed E-state index contributed by atoms with van der Waals surface area (Å²) >= 11 is 4.80. The van der Waals surface area contributed by atoms with Crippen LogP contribution in [0.25, 0.3) is 0 Å². The monoisotopic (exact) mass is 356 g/mol. The molecule has 1 aromatic carbocycles. The third-order valence-corrected chi connectivity index (χ3v) is 3.79. The van der Waals surface area contributed by atoms with Crippen LogP contribution in [0.1, 0.15) is 4.88 Å². The highest BCUT2D eigenvalue weighted by molar-refractivity contribution is 9.10. The van der Waals surface area contributed by atoms with E-state index >= 15 is 0 Å². The van der Waals surface area contributed by atoms with Gasteiger partial charge in [-0.2, -0.15) is 5.10 Å². The zero-order valence-corrected chi connectivity index (χ0v) is 12.6. The minimum Gasteiger partial charge on any atom is -0.481 e. The van der Waals surface area contributed by atoms with Gasteiger partial charge in [-0.25, -0.2) is 9.82 Å². The number of hydrazone groups is 1. The molecule has 4 nitrogen and oxygen atoms in total. The average Bonchev–Trinajstić information content (AvgIpc) is 2.83. The van der Waals surface area contributed by atoms with Gasteiger partial charge in [0.15, 0.2) is 18.2 Å². The first-order valence-corrected chi connectivity index (χ1v) is 7.25. The number of ether oxygens (including phenoxy) is 1. The number of para-hydroxylation sites is 1. The molecule has 0 radical (unpaired) electrons. The number of carbonyl (C=O) groups excluding carboxylic acids is 1. The lowest BCUT2D eigenvalue weighted by Gasteiger charge is -2.05. The molecule has 0 aliphatic rings. The van der Waals surface area contributed by atoms with E-state index in [-0.39, 0.29) is 12.4 Å². The fourth-order valence-corrected chi connectivity index (χ4v) is 2.61. The molecule has 20 heavy (non-hydrogen) atoms. The number of benzene rings is 1. The Balaban J connectivity index is 1.78. The molecule has 0 fully saturated rings. The van der Waals surface area contributed by atoms with Crippen LogP contribution in [0.5, 0.6) is 5.75 Å². The number of nitrogens with one attached hydrogen (secondary N) is 1. The van der Waals surface area contributed by atoms with E-state index in [0.29, 0.717) is 0 Å². The Kier molecular flexibility index (Phi) is 5.25. The summed E-state index contributed by atoms with van der Waals surface area (Å²) in [5.74, 6) is -0.929. The molecular weight excluding hydrogens is 347 g/mol. The Labute approximate surface area is 127 Å². The highest BCUT2D eigenvalue weighted by Crippen LogP contribution is 2.17. The summed E-state index contributed by atoms with van der Waals surface area (Å²) in [7, 11) is 0. The minimum absolute atomic E-state index is 0.0359. The third kappa shape index (κ3) is 4.43. The Morgan fingerprint density at radius 3 is 3.00 bits per heavy atom. The maximum atomic E-state index is 13.2. The Hall–Kier alpha value is -1.73. The summed E-state index contributed by atoms with van der Waals surface area (Å²) < 4.78 is 19.2. The van der Waals surface area contributed by atoms with Crippen LogP contribution in [0.2, 0.25) is 0 Å². The fourth-order valence-electron chi connectivity index (χ4n) is 1.30. The largest absolute Gasteiger partial charge is 0.481 e. The van der Waals surface area contributed by atoms with E-state index in [0.717, 1.165) is 9.35 Å². The predicted molar refractivity (Wildman–Crippen MR) is 79.7 cm³/mol. The van der Waals surface area contributed by atoms with E-state index in [2.05, 4.69) is 26.5 Å². The molecular formula is C13H10BrFN2O2S. The van der Waals surface area contributed by atoms with E-state index < -0.39 is 11.7 Å². The molecule has 1 amide bonds. The highest BCUT2D eigenvalue weighted by Gasteiger charge is 2.05. The molecule has 0 saturated heterocycles. The maximum absolute atomic E-state index is 13.2. The molecule has 0 unspecified atom stereocenters. The van der Waals surface area contributed by atoms with Gasteiger partial charge in [0.1, 0.15) is 0 Å². The van der Waals surface area contributed by atoms with Gasteiger partial charge in [0.05, 0.1) is 6.21 Å². The van der Waals surface area contributed by atoms with Gasteiger partial charge in [0.2, 0.25) is 0 Å². The van der Waals surface area contributed by atoms with Gasteiger partial charge in [0.25, 0.3) is 5.91 Å². The second kappa shape index (κ2) is 7.16. The first-order chi connectivity index (χ1) is 9.65. The van der Waals surface area contributed by atoms with Crippen LogP contribution in [0, 0.1) is 5.82 Å². The van der Waals surface area contributed by atoms with Crippen LogP contribution >= 0.6 is 27.3 Å². The van der Waals surface area contributed by atoms with Crippen molar-refractivity contribution in [3.05, 3.63) is 50.9 Å². The van der Waals surface area contributed by atoms with E-state index in [1.165, 1.54) is 29.7 Å². The molecule has 1 aromatic heterocycles. The molecule has 1 heterocycles. The van der Waals surface area contributed by atoms with Gasteiger partial charge < -0.3 is 4.74 Å². The van der Waals surface area contributed by atoms with Crippen LogP contribution in [-0.2, 0) is 4.79 Å². The topological polar surface area (TPSA) is 50.7 Å². The van der Waals surface area contributed by atoms with E-state index in [9.17, 15) is 9.18 Å². The molecule has 0 spiro atoms. The summed E-state index contributed by atoms with van der Waals surface area (Å²) in [6.07, 6.45) is 1.52. The van der Waals surface area contributed by atoms with Crippen molar-refractivity contribution in [2.75, 3.05) is 6.61 Å². The summed E-state index contributed by atoms with van der Waals surface area (Å²) in [5, 5.41) is 5.69. The number of rotatable bonds is 5. The smallest absolute Gasteiger partial charge is 0.277 e. The van der Waals surface area contributed by atoms with Gasteiger partial charge in [-0.15, -0.1) is 11.3 Å². The van der Waals surface area contributed by atoms with Gasteiger partial charge in [-0.05, 0) is 34.1 Å². The van der Waals surface area contributed by atoms with Crippen molar-refractivity contribution in [3.63, 3.8) is 0 Å². The number of nitrogens with zero attached hydrogens (tertiary/aromatic N) is 1. The minimum atomic E-state index is -0.507. The summed E-state index contributed by atoms with van der Waals surface area (Å²) in [4.78, 5) is 12.3. The molecule has 0 atom stereocenters. The van der Waals surface area contributed by atoms with Crippen molar-refractivity contribution in [1.82, 2.24) is 5.43 Å². The van der Waals surface area contributed by atoms with Crippen molar-refractivity contribution in [2.45, 2.75) is 0 Å². The van der Waals surface area contributed by atoms with E-state index in [1.807, 2.05) is 11.4 Å². The Morgan fingerprint density at radius 2 is 2.30 bits per heavy atom. The summed E-state index contributed by atoms with van der Waals surface area (Å²) in [6.45, 7) is -0.299.